The summed E-state index contributed by atoms with van der Waals surface area (Å²) in [5.41, 5.74) is 0. The van der Waals surface area contributed by atoms with Crippen LogP contribution in [0.4, 0.5) is 0 Å². The summed E-state index contributed by atoms with van der Waals surface area (Å²) >= 11 is 1.81. The van der Waals surface area contributed by atoms with Crippen LogP contribution in [0.1, 0.15) is 32.6 Å². The average molecular weight is 261 g/mol. The Morgan fingerprint density at radius 1 is 1.41 bits per heavy atom. The molecule has 0 aromatic carbocycles. The first-order chi connectivity index (χ1) is 8.24. The third-order valence-electron chi connectivity index (χ3n) is 3.40. The molecule has 0 aromatic rings. The van der Waals surface area contributed by atoms with Gasteiger partial charge in [-0.3, -0.25) is 0 Å². The predicted molar refractivity (Wildman–Crippen MR) is 74.6 cm³/mol. The van der Waals surface area contributed by atoms with Gasteiger partial charge in [0.05, 0.1) is 18.8 Å². The third kappa shape index (κ3) is 6.65. The second kappa shape index (κ2) is 9.20. The van der Waals surface area contributed by atoms with Crippen LogP contribution < -0.4 is 5.32 Å². The van der Waals surface area contributed by atoms with Gasteiger partial charge >= 0.3 is 0 Å². The molecule has 102 valence electrons. The van der Waals surface area contributed by atoms with Crippen LogP contribution in [0.15, 0.2) is 0 Å². The molecule has 1 saturated carbocycles. The number of rotatable bonds is 8. The van der Waals surface area contributed by atoms with Crippen molar-refractivity contribution in [2.45, 2.75) is 44.8 Å². The molecule has 0 aliphatic heterocycles. The van der Waals surface area contributed by atoms with E-state index in [0.29, 0.717) is 25.2 Å². The van der Waals surface area contributed by atoms with Crippen molar-refractivity contribution in [1.29, 1.82) is 0 Å². The van der Waals surface area contributed by atoms with Crippen molar-refractivity contribution in [3.05, 3.63) is 0 Å². The van der Waals surface area contributed by atoms with Crippen LogP contribution in [0, 0.1) is 5.92 Å². The smallest absolute Gasteiger partial charge is 0.0897 e. The quantitative estimate of drug-likeness (QED) is 0.655. The number of ether oxygens (including phenoxy) is 1. The van der Waals surface area contributed by atoms with Gasteiger partial charge in [0, 0.05) is 18.8 Å². The highest BCUT2D eigenvalue weighted by Crippen LogP contribution is 2.26. The Bertz CT molecular complexity index is 192. The van der Waals surface area contributed by atoms with Gasteiger partial charge < -0.3 is 15.2 Å². The second-order valence-electron chi connectivity index (χ2n) is 4.98. The van der Waals surface area contributed by atoms with Gasteiger partial charge in [-0.1, -0.05) is 19.8 Å². The number of nitrogens with one attached hydrogen (secondary N) is 1. The van der Waals surface area contributed by atoms with E-state index >= 15 is 0 Å². The zero-order valence-electron chi connectivity index (χ0n) is 11.2. The molecule has 3 unspecified atom stereocenters. The van der Waals surface area contributed by atoms with Crippen molar-refractivity contribution < 1.29 is 9.84 Å². The molecule has 0 heterocycles. The Hall–Kier alpha value is 0.230. The SMILES string of the molecule is CSCCNCC(O)COC1CCCCC1C. The Kier molecular flexibility index (Phi) is 8.27. The molecule has 0 bridgehead atoms. The number of hydrogen-bond acceptors (Lipinski definition) is 4. The van der Waals surface area contributed by atoms with E-state index in [-0.39, 0.29) is 6.10 Å². The van der Waals surface area contributed by atoms with Crippen LogP contribution in [0.5, 0.6) is 0 Å². The van der Waals surface area contributed by atoms with E-state index in [4.69, 9.17) is 4.74 Å². The summed E-state index contributed by atoms with van der Waals surface area (Å²) in [6, 6.07) is 0. The van der Waals surface area contributed by atoms with E-state index in [1.54, 1.807) is 0 Å². The zero-order chi connectivity index (χ0) is 12.5. The van der Waals surface area contributed by atoms with E-state index < -0.39 is 0 Å². The summed E-state index contributed by atoms with van der Waals surface area (Å²) in [5, 5.41) is 13.0. The zero-order valence-corrected chi connectivity index (χ0v) is 12.0. The fraction of sp³-hybridized carbons (Fsp3) is 1.00. The van der Waals surface area contributed by atoms with Gasteiger partial charge in [-0.2, -0.15) is 11.8 Å². The molecule has 0 aromatic heterocycles. The van der Waals surface area contributed by atoms with Gasteiger partial charge in [-0.25, -0.2) is 0 Å². The van der Waals surface area contributed by atoms with Gasteiger partial charge in [0.2, 0.25) is 0 Å². The standard InChI is InChI=1S/C13H27NO2S/c1-11-5-3-4-6-13(11)16-10-12(15)9-14-7-8-17-2/h11-15H,3-10H2,1-2H3. The molecule has 2 N–H and O–H groups in total. The summed E-state index contributed by atoms with van der Waals surface area (Å²) in [4.78, 5) is 0. The lowest BCUT2D eigenvalue weighted by molar-refractivity contribution is -0.0450. The summed E-state index contributed by atoms with van der Waals surface area (Å²) in [5.74, 6) is 1.74. The third-order valence-corrected chi connectivity index (χ3v) is 4.01. The highest BCUT2D eigenvalue weighted by molar-refractivity contribution is 7.98. The summed E-state index contributed by atoms with van der Waals surface area (Å²) in [6.07, 6.45) is 7.12. The predicted octanol–water partition coefficient (Wildman–Crippen LogP) is 1.90. The van der Waals surface area contributed by atoms with E-state index in [9.17, 15) is 5.11 Å². The van der Waals surface area contributed by atoms with Crippen molar-refractivity contribution in [1.82, 2.24) is 5.32 Å². The molecular formula is C13H27NO2S. The Labute approximate surface area is 110 Å². The molecular weight excluding hydrogens is 234 g/mol. The van der Waals surface area contributed by atoms with Crippen LogP contribution in [0.25, 0.3) is 0 Å². The Balaban J connectivity index is 2.03. The van der Waals surface area contributed by atoms with E-state index in [2.05, 4.69) is 18.5 Å². The van der Waals surface area contributed by atoms with Crippen LogP contribution >= 0.6 is 11.8 Å². The van der Waals surface area contributed by atoms with E-state index in [0.717, 1.165) is 18.7 Å². The van der Waals surface area contributed by atoms with Gasteiger partial charge in [-0.05, 0) is 25.0 Å². The minimum atomic E-state index is -0.369. The lowest BCUT2D eigenvalue weighted by atomic mass is 9.88. The van der Waals surface area contributed by atoms with Crippen LogP contribution in [-0.2, 0) is 4.74 Å². The number of thioether (sulfide) groups is 1. The van der Waals surface area contributed by atoms with Gasteiger partial charge in [0.1, 0.15) is 0 Å². The molecule has 3 atom stereocenters. The molecule has 0 spiro atoms. The van der Waals surface area contributed by atoms with Crippen molar-refractivity contribution in [3.63, 3.8) is 0 Å². The van der Waals surface area contributed by atoms with Crippen LogP contribution in [0.2, 0.25) is 0 Å². The van der Waals surface area contributed by atoms with Crippen LogP contribution in [-0.4, -0.2) is 49.0 Å². The van der Waals surface area contributed by atoms with Crippen molar-refractivity contribution in [3.8, 4) is 0 Å². The Morgan fingerprint density at radius 2 is 2.18 bits per heavy atom. The first-order valence-electron chi connectivity index (χ1n) is 6.73. The first kappa shape index (κ1) is 15.3. The van der Waals surface area contributed by atoms with Crippen molar-refractivity contribution in [2.75, 3.05) is 31.7 Å². The summed E-state index contributed by atoms with van der Waals surface area (Å²) in [6.45, 7) is 4.33. The molecule has 0 amide bonds. The topological polar surface area (TPSA) is 41.5 Å². The molecule has 3 nitrogen and oxygen atoms in total. The minimum Gasteiger partial charge on any atom is -0.389 e. The van der Waals surface area contributed by atoms with E-state index in [1.807, 2.05) is 11.8 Å². The van der Waals surface area contributed by atoms with Crippen molar-refractivity contribution >= 4 is 11.8 Å². The molecule has 17 heavy (non-hydrogen) atoms. The van der Waals surface area contributed by atoms with E-state index in [1.165, 1.54) is 19.3 Å². The largest absolute Gasteiger partial charge is 0.389 e. The average Bonchev–Trinajstić information content (AvgIpc) is 2.34. The highest BCUT2D eigenvalue weighted by atomic mass is 32.2. The first-order valence-corrected chi connectivity index (χ1v) is 8.12. The lowest BCUT2D eigenvalue weighted by Crippen LogP contribution is -2.35. The molecule has 1 aliphatic rings. The van der Waals surface area contributed by atoms with Gasteiger partial charge in [0.25, 0.3) is 0 Å². The monoisotopic (exact) mass is 261 g/mol. The molecule has 0 saturated heterocycles. The fourth-order valence-electron chi connectivity index (χ4n) is 2.27. The van der Waals surface area contributed by atoms with Gasteiger partial charge in [-0.15, -0.1) is 0 Å². The Morgan fingerprint density at radius 3 is 2.88 bits per heavy atom. The molecule has 0 radical (unpaired) electrons. The number of hydrogen-bond donors (Lipinski definition) is 2. The fourth-order valence-corrected chi connectivity index (χ4v) is 2.61. The molecule has 4 heteroatoms. The lowest BCUT2D eigenvalue weighted by Gasteiger charge is -2.29. The van der Waals surface area contributed by atoms with Crippen molar-refractivity contribution in [2.24, 2.45) is 5.92 Å². The molecule has 1 rings (SSSR count). The highest BCUT2D eigenvalue weighted by Gasteiger charge is 2.22. The summed E-state index contributed by atoms with van der Waals surface area (Å²) in [7, 11) is 0. The summed E-state index contributed by atoms with van der Waals surface area (Å²) < 4.78 is 5.82. The maximum Gasteiger partial charge on any atom is 0.0897 e. The van der Waals surface area contributed by atoms with Crippen LogP contribution in [0.3, 0.4) is 0 Å². The number of aliphatic hydroxyl groups is 1. The maximum absolute atomic E-state index is 9.77. The second-order valence-corrected chi connectivity index (χ2v) is 5.97. The molecule has 1 aliphatic carbocycles. The maximum atomic E-state index is 9.77. The minimum absolute atomic E-state index is 0.365. The normalized spacial score (nSPS) is 27.0. The number of aliphatic hydroxyl groups excluding tert-OH is 1. The van der Waals surface area contributed by atoms with Gasteiger partial charge in [0.15, 0.2) is 0 Å². The molecule has 1 fully saturated rings.